The average molecular weight is 189 g/mol. The minimum Gasteiger partial charge on any atom is -0.198 e. The molecule has 4 bridgehead atoms. The highest BCUT2D eigenvalue weighted by molar-refractivity contribution is 5.15. The first kappa shape index (κ1) is 8.77. The molecule has 0 spiro atoms. The molecular formula is C13H19N. The number of nitrogens with zero attached hydrogens (tertiary/aromatic N) is 1. The van der Waals surface area contributed by atoms with E-state index in [0.717, 1.165) is 17.8 Å². The third-order valence-electron chi connectivity index (χ3n) is 5.53. The molecule has 0 radical (unpaired) electrons. The van der Waals surface area contributed by atoms with Crippen LogP contribution in [0.15, 0.2) is 0 Å². The topological polar surface area (TPSA) is 23.8 Å². The summed E-state index contributed by atoms with van der Waals surface area (Å²) >= 11 is 0. The molecule has 4 saturated carbocycles. The molecule has 4 aliphatic rings. The maximum absolute atomic E-state index is 9.35. The van der Waals surface area contributed by atoms with Crippen molar-refractivity contribution < 1.29 is 0 Å². The van der Waals surface area contributed by atoms with Gasteiger partial charge in [-0.15, -0.1) is 0 Å². The van der Waals surface area contributed by atoms with E-state index in [4.69, 9.17) is 0 Å². The van der Waals surface area contributed by atoms with Crippen LogP contribution in [-0.2, 0) is 0 Å². The van der Waals surface area contributed by atoms with E-state index in [1.54, 1.807) is 0 Å². The lowest BCUT2D eigenvalue weighted by molar-refractivity contribution is -0.114. The standard InChI is InChI=1S/C13H19N/c1-12(2)10-3-9-4-11(12)7-13(5-9,6-10)8-14/h9-11H,3-7H2,1-2H3. The fraction of sp³-hybridized carbons (Fsp3) is 0.923. The number of hydrogen-bond donors (Lipinski definition) is 0. The van der Waals surface area contributed by atoms with Gasteiger partial charge in [-0.25, -0.2) is 0 Å². The van der Waals surface area contributed by atoms with Crippen molar-refractivity contribution in [1.29, 1.82) is 5.26 Å². The first-order chi connectivity index (χ1) is 6.56. The SMILES string of the molecule is CC1(C)C2CC3CC1CC(C#N)(C3)C2. The maximum atomic E-state index is 9.35. The maximum Gasteiger partial charge on any atom is 0.0690 e. The van der Waals surface area contributed by atoms with Crippen molar-refractivity contribution in [2.75, 3.05) is 0 Å². The molecule has 14 heavy (non-hydrogen) atoms. The second-order valence-electron chi connectivity index (χ2n) is 6.56. The summed E-state index contributed by atoms with van der Waals surface area (Å²) in [5.41, 5.74) is 0.628. The largest absolute Gasteiger partial charge is 0.198 e. The van der Waals surface area contributed by atoms with E-state index in [2.05, 4.69) is 19.9 Å². The van der Waals surface area contributed by atoms with E-state index in [9.17, 15) is 5.26 Å². The van der Waals surface area contributed by atoms with Crippen molar-refractivity contribution in [1.82, 2.24) is 0 Å². The molecule has 0 aliphatic heterocycles. The first-order valence-electron chi connectivity index (χ1n) is 5.97. The quantitative estimate of drug-likeness (QED) is 0.573. The Morgan fingerprint density at radius 1 is 1.07 bits per heavy atom. The Morgan fingerprint density at radius 3 is 2.14 bits per heavy atom. The van der Waals surface area contributed by atoms with Crippen LogP contribution in [0, 0.1) is 39.9 Å². The zero-order valence-electron chi connectivity index (χ0n) is 9.21. The van der Waals surface area contributed by atoms with E-state index in [1.165, 1.54) is 32.1 Å². The Bertz CT molecular complexity index is 292. The second kappa shape index (κ2) is 2.35. The fourth-order valence-corrected chi connectivity index (χ4v) is 4.58. The Balaban J connectivity index is 2.01. The molecule has 0 aromatic carbocycles. The highest BCUT2D eigenvalue weighted by Gasteiger charge is 2.58. The normalized spacial score (nSPS) is 53.1. The van der Waals surface area contributed by atoms with Crippen molar-refractivity contribution in [2.24, 2.45) is 28.6 Å². The van der Waals surface area contributed by atoms with E-state index >= 15 is 0 Å². The molecule has 2 unspecified atom stereocenters. The molecule has 0 aromatic heterocycles. The van der Waals surface area contributed by atoms with E-state index < -0.39 is 0 Å². The fourth-order valence-electron chi connectivity index (χ4n) is 4.58. The molecule has 0 saturated heterocycles. The van der Waals surface area contributed by atoms with Crippen LogP contribution in [0.1, 0.15) is 46.0 Å². The van der Waals surface area contributed by atoms with Gasteiger partial charge >= 0.3 is 0 Å². The molecule has 1 heteroatoms. The minimum absolute atomic E-state index is 0.103. The molecule has 0 N–H and O–H groups in total. The summed E-state index contributed by atoms with van der Waals surface area (Å²) in [5.74, 6) is 2.57. The Labute approximate surface area is 86.5 Å². The molecule has 1 nitrogen and oxygen atoms in total. The van der Waals surface area contributed by atoms with Crippen molar-refractivity contribution in [3.8, 4) is 6.07 Å². The third-order valence-corrected chi connectivity index (χ3v) is 5.53. The third kappa shape index (κ3) is 0.900. The lowest BCUT2D eigenvalue weighted by Crippen LogP contribution is -2.54. The zero-order valence-corrected chi connectivity index (χ0v) is 9.21. The van der Waals surface area contributed by atoms with Crippen molar-refractivity contribution in [3.05, 3.63) is 0 Å². The van der Waals surface area contributed by atoms with Gasteiger partial charge in [0.25, 0.3) is 0 Å². The Kier molecular flexibility index (Phi) is 1.47. The van der Waals surface area contributed by atoms with Gasteiger partial charge in [-0.2, -0.15) is 5.26 Å². The van der Waals surface area contributed by atoms with Gasteiger partial charge in [0.15, 0.2) is 0 Å². The summed E-state index contributed by atoms with van der Waals surface area (Å²) in [4.78, 5) is 0. The van der Waals surface area contributed by atoms with Crippen LogP contribution >= 0.6 is 0 Å². The molecule has 2 atom stereocenters. The minimum atomic E-state index is 0.103. The monoisotopic (exact) mass is 189 g/mol. The molecule has 4 rings (SSSR count). The molecule has 0 amide bonds. The van der Waals surface area contributed by atoms with E-state index in [1.807, 2.05) is 0 Å². The van der Waals surface area contributed by atoms with Crippen LogP contribution in [0.25, 0.3) is 0 Å². The lowest BCUT2D eigenvalue weighted by Gasteiger charge is -2.61. The van der Waals surface area contributed by atoms with Gasteiger partial charge in [0, 0.05) is 0 Å². The van der Waals surface area contributed by atoms with Gasteiger partial charge in [-0.05, 0) is 55.3 Å². The summed E-state index contributed by atoms with van der Waals surface area (Å²) in [6.45, 7) is 4.87. The predicted molar refractivity (Wildman–Crippen MR) is 55.4 cm³/mol. The highest BCUT2D eigenvalue weighted by atomic mass is 14.6. The highest BCUT2D eigenvalue weighted by Crippen LogP contribution is 2.66. The van der Waals surface area contributed by atoms with Crippen LogP contribution in [-0.4, -0.2) is 0 Å². The average Bonchev–Trinajstić information content (AvgIpc) is 2.14. The molecule has 4 aliphatic carbocycles. The Hall–Kier alpha value is -0.510. The molecule has 4 fully saturated rings. The number of hydrogen-bond acceptors (Lipinski definition) is 1. The summed E-state index contributed by atoms with van der Waals surface area (Å²) in [6.07, 6.45) is 6.43. The summed E-state index contributed by atoms with van der Waals surface area (Å²) < 4.78 is 0. The van der Waals surface area contributed by atoms with Crippen LogP contribution in [0.3, 0.4) is 0 Å². The van der Waals surface area contributed by atoms with Gasteiger partial charge in [0.2, 0.25) is 0 Å². The zero-order chi connectivity index (χ0) is 9.97. The van der Waals surface area contributed by atoms with Crippen LogP contribution in [0.5, 0.6) is 0 Å². The van der Waals surface area contributed by atoms with Crippen LogP contribution < -0.4 is 0 Å². The van der Waals surface area contributed by atoms with Gasteiger partial charge in [-0.1, -0.05) is 13.8 Å². The summed E-state index contributed by atoms with van der Waals surface area (Å²) in [5, 5.41) is 9.35. The van der Waals surface area contributed by atoms with E-state index in [-0.39, 0.29) is 5.41 Å². The smallest absolute Gasteiger partial charge is 0.0690 e. The van der Waals surface area contributed by atoms with Gasteiger partial charge in [0.05, 0.1) is 11.5 Å². The van der Waals surface area contributed by atoms with Crippen LogP contribution in [0.2, 0.25) is 0 Å². The Morgan fingerprint density at radius 2 is 1.64 bits per heavy atom. The number of rotatable bonds is 0. The predicted octanol–water partition coefficient (Wildman–Crippen LogP) is 3.36. The molecule has 0 heterocycles. The van der Waals surface area contributed by atoms with Crippen LogP contribution in [0.4, 0.5) is 0 Å². The molecule has 0 aromatic rings. The van der Waals surface area contributed by atoms with Gasteiger partial charge in [0.1, 0.15) is 0 Å². The first-order valence-corrected chi connectivity index (χ1v) is 5.97. The summed E-state index contributed by atoms with van der Waals surface area (Å²) in [6, 6.07) is 2.65. The summed E-state index contributed by atoms with van der Waals surface area (Å²) in [7, 11) is 0. The molecular weight excluding hydrogens is 170 g/mol. The lowest BCUT2D eigenvalue weighted by atomic mass is 9.42. The molecule has 76 valence electrons. The number of nitriles is 1. The van der Waals surface area contributed by atoms with Crippen molar-refractivity contribution in [2.45, 2.75) is 46.0 Å². The second-order valence-corrected chi connectivity index (χ2v) is 6.56. The van der Waals surface area contributed by atoms with Gasteiger partial charge < -0.3 is 0 Å². The van der Waals surface area contributed by atoms with E-state index in [0.29, 0.717) is 5.41 Å². The van der Waals surface area contributed by atoms with Gasteiger partial charge in [-0.3, -0.25) is 0 Å². The van der Waals surface area contributed by atoms with Crippen molar-refractivity contribution in [3.63, 3.8) is 0 Å². The van der Waals surface area contributed by atoms with Crippen molar-refractivity contribution >= 4 is 0 Å².